The number of nitrogens with one attached hydrogen (secondary N) is 1. The predicted molar refractivity (Wildman–Crippen MR) is 67.5 cm³/mol. The van der Waals surface area contributed by atoms with Crippen LogP contribution in [-0.4, -0.2) is 23.2 Å². The molecule has 3 nitrogen and oxygen atoms in total. The largest absolute Gasteiger partial charge is 0.392 e. The first-order chi connectivity index (χ1) is 7.86. The highest BCUT2D eigenvalue weighted by Crippen LogP contribution is 2.42. The number of amides is 1. The third-order valence-corrected chi connectivity index (χ3v) is 5.03. The van der Waals surface area contributed by atoms with Gasteiger partial charge in [-0.15, -0.1) is 0 Å². The average molecular weight is 239 g/mol. The van der Waals surface area contributed by atoms with Crippen molar-refractivity contribution in [1.82, 2.24) is 5.32 Å². The van der Waals surface area contributed by atoms with Crippen LogP contribution >= 0.6 is 0 Å². The molecule has 17 heavy (non-hydrogen) atoms. The molecule has 0 heterocycles. The fraction of sp³-hybridized carbons (Fsp3) is 0.929. The van der Waals surface area contributed by atoms with Crippen molar-refractivity contribution >= 4 is 5.91 Å². The van der Waals surface area contributed by atoms with Crippen molar-refractivity contribution in [3.63, 3.8) is 0 Å². The Hall–Kier alpha value is -0.570. The van der Waals surface area contributed by atoms with Gasteiger partial charge in [0.2, 0.25) is 5.91 Å². The highest BCUT2D eigenvalue weighted by molar-refractivity contribution is 5.82. The van der Waals surface area contributed by atoms with Gasteiger partial charge in [0, 0.05) is 16.9 Å². The molecule has 1 amide bonds. The van der Waals surface area contributed by atoms with Gasteiger partial charge in [-0.2, -0.15) is 0 Å². The summed E-state index contributed by atoms with van der Waals surface area (Å²) < 4.78 is 0. The van der Waals surface area contributed by atoms with E-state index in [4.69, 9.17) is 0 Å². The Labute approximate surface area is 104 Å². The second-order valence-corrected chi connectivity index (χ2v) is 6.72. The number of rotatable bonds is 2. The number of hydrogen-bond acceptors (Lipinski definition) is 2. The van der Waals surface area contributed by atoms with Crippen molar-refractivity contribution < 1.29 is 9.90 Å². The zero-order chi connectivity index (χ0) is 12.7. The molecule has 2 aliphatic carbocycles. The SMILES string of the molecule is CC1(C(=O)NC2CC(O)C2(C)C)CCCCC1. The quantitative estimate of drug-likeness (QED) is 0.776. The summed E-state index contributed by atoms with van der Waals surface area (Å²) >= 11 is 0. The summed E-state index contributed by atoms with van der Waals surface area (Å²) in [5, 5.41) is 12.8. The molecule has 0 saturated heterocycles. The number of carbonyl (C=O) groups is 1. The summed E-state index contributed by atoms with van der Waals surface area (Å²) in [6, 6.07) is 0.142. The lowest BCUT2D eigenvalue weighted by Crippen LogP contribution is -2.62. The lowest BCUT2D eigenvalue weighted by atomic mass is 9.64. The maximum absolute atomic E-state index is 12.3. The zero-order valence-corrected chi connectivity index (χ0v) is 11.3. The molecule has 2 rings (SSSR count). The highest BCUT2D eigenvalue weighted by atomic mass is 16.3. The van der Waals surface area contributed by atoms with Gasteiger partial charge in [-0.05, 0) is 19.3 Å². The van der Waals surface area contributed by atoms with E-state index in [-0.39, 0.29) is 28.9 Å². The molecule has 0 aromatic carbocycles. The summed E-state index contributed by atoms with van der Waals surface area (Å²) in [7, 11) is 0. The van der Waals surface area contributed by atoms with Crippen molar-refractivity contribution in [2.24, 2.45) is 10.8 Å². The Morgan fingerprint density at radius 2 is 1.76 bits per heavy atom. The van der Waals surface area contributed by atoms with Crippen LogP contribution in [0.3, 0.4) is 0 Å². The van der Waals surface area contributed by atoms with Crippen LogP contribution in [-0.2, 0) is 4.79 Å². The normalized spacial score (nSPS) is 34.8. The lowest BCUT2D eigenvalue weighted by Gasteiger charge is -2.50. The fourth-order valence-corrected chi connectivity index (χ4v) is 3.04. The van der Waals surface area contributed by atoms with Gasteiger partial charge < -0.3 is 10.4 Å². The van der Waals surface area contributed by atoms with Crippen LogP contribution < -0.4 is 5.32 Å². The van der Waals surface area contributed by atoms with Crippen molar-refractivity contribution in [2.45, 2.75) is 71.4 Å². The van der Waals surface area contributed by atoms with Crippen molar-refractivity contribution in [2.75, 3.05) is 0 Å². The second kappa shape index (κ2) is 4.27. The summed E-state index contributed by atoms with van der Waals surface area (Å²) in [5.74, 6) is 0.196. The van der Waals surface area contributed by atoms with E-state index in [0.29, 0.717) is 6.42 Å². The maximum Gasteiger partial charge on any atom is 0.226 e. The van der Waals surface area contributed by atoms with Gasteiger partial charge >= 0.3 is 0 Å². The van der Waals surface area contributed by atoms with E-state index in [9.17, 15) is 9.90 Å². The van der Waals surface area contributed by atoms with E-state index in [1.54, 1.807) is 0 Å². The third-order valence-electron chi connectivity index (χ3n) is 5.03. The van der Waals surface area contributed by atoms with Crippen LogP contribution in [0, 0.1) is 10.8 Å². The summed E-state index contributed by atoms with van der Waals surface area (Å²) in [6.45, 7) is 6.13. The molecule has 0 spiro atoms. The first-order valence-corrected chi connectivity index (χ1v) is 6.85. The van der Waals surface area contributed by atoms with E-state index in [2.05, 4.69) is 12.2 Å². The van der Waals surface area contributed by atoms with E-state index in [1.807, 2.05) is 13.8 Å². The van der Waals surface area contributed by atoms with Gasteiger partial charge in [-0.25, -0.2) is 0 Å². The second-order valence-electron chi connectivity index (χ2n) is 6.72. The van der Waals surface area contributed by atoms with Crippen molar-refractivity contribution in [1.29, 1.82) is 0 Å². The molecule has 2 unspecified atom stereocenters. The summed E-state index contributed by atoms with van der Waals surface area (Å²) in [5.41, 5.74) is -0.338. The van der Waals surface area contributed by atoms with E-state index < -0.39 is 0 Å². The standard InChI is InChI=1S/C14H25NO2/c1-13(2)10(9-11(13)16)15-12(17)14(3)7-5-4-6-8-14/h10-11,16H,4-9H2,1-3H3,(H,15,17). The van der Waals surface area contributed by atoms with Crippen LogP contribution in [0.15, 0.2) is 0 Å². The Morgan fingerprint density at radius 1 is 1.18 bits per heavy atom. The molecule has 0 aliphatic heterocycles. The molecule has 0 aromatic rings. The Kier molecular flexibility index (Phi) is 3.23. The molecule has 3 heteroatoms. The Morgan fingerprint density at radius 3 is 2.24 bits per heavy atom. The van der Waals surface area contributed by atoms with E-state index in [1.165, 1.54) is 19.3 Å². The average Bonchev–Trinajstić information content (AvgIpc) is 2.29. The Bertz CT molecular complexity index is 305. The molecule has 0 radical (unpaired) electrons. The van der Waals surface area contributed by atoms with Gasteiger partial charge in [0.15, 0.2) is 0 Å². The molecule has 0 aromatic heterocycles. The molecular weight excluding hydrogens is 214 g/mol. The molecule has 2 saturated carbocycles. The minimum Gasteiger partial charge on any atom is -0.392 e. The van der Waals surface area contributed by atoms with Crippen LogP contribution in [0.2, 0.25) is 0 Å². The van der Waals surface area contributed by atoms with Crippen LogP contribution in [0.1, 0.15) is 59.3 Å². The number of hydrogen-bond donors (Lipinski definition) is 2. The van der Waals surface area contributed by atoms with Crippen molar-refractivity contribution in [3.05, 3.63) is 0 Å². The molecule has 2 N–H and O–H groups in total. The number of aliphatic hydroxyl groups is 1. The molecular formula is C14H25NO2. The monoisotopic (exact) mass is 239 g/mol. The van der Waals surface area contributed by atoms with E-state index in [0.717, 1.165) is 12.8 Å². The number of carbonyl (C=O) groups excluding carboxylic acids is 1. The summed E-state index contributed by atoms with van der Waals surface area (Å²) in [6.07, 6.45) is 6.04. The van der Waals surface area contributed by atoms with Crippen LogP contribution in [0.4, 0.5) is 0 Å². The molecule has 2 atom stereocenters. The zero-order valence-electron chi connectivity index (χ0n) is 11.3. The smallest absolute Gasteiger partial charge is 0.226 e. The first kappa shape index (κ1) is 12.9. The molecule has 0 bridgehead atoms. The Balaban J connectivity index is 1.93. The predicted octanol–water partition coefficient (Wildman–Crippen LogP) is 2.23. The number of aliphatic hydroxyl groups excluding tert-OH is 1. The minimum atomic E-state index is -0.271. The first-order valence-electron chi connectivity index (χ1n) is 6.85. The molecule has 98 valence electrons. The van der Waals surface area contributed by atoms with Crippen LogP contribution in [0.25, 0.3) is 0 Å². The van der Waals surface area contributed by atoms with Gasteiger partial charge in [0.1, 0.15) is 0 Å². The maximum atomic E-state index is 12.3. The van der Waals surface area contributed by atoms with Gasteiger partial charge in [-0.3, -0.25) is 4.79 Å². The minimum absolute atomic E-state index is 0.142. The topological polar surface area (TPSA) is 49.3 Å². The van der Waals surface area contributed by atoms with Crippen molar-refractivity contribution in [3.8, 4) is 0 Å². The van der Waals surface area contributed by atoms with E-state index >= 15 is 0 Å². The van der Waals surface area contributed by atoms with Crippen LogP contribution in [0.5, 0.6) is 0 Å². The van der Waals surface area contributed by atoms with Gasteiger partial charge in [0.05, 0.1) is 6.10 Å². The highest BCUT2D eigenvalue weighted by Gasteiger charge is 2.49. The molecule has 2 fully saturated rings. The lowest BCUT2D eigenvalue weighted by molar-refractivity contribution is -0.139. The van der Waals surface area contributed by atoms with Gasteiger partial charge in [-0.1, -0.05) is 40.0 Å². The van der Waals surface area contributed by atoms with Gasteiger partial charge in [0.25, 0.3) is 0 Å². The third kappa shape index (κ3) is 2.22. The fourth-order valence-electron chi connectivity index (χ4n) is 3.04. The summed E-state index contributed by atoms with van der Waals surface area (Å²) in [4.78, 5) is 12.3. The molecule has 2 aliphatic rings.